The first kappa shape index (κ1) is 14.5. The van der Waals surface area contributed by atoms with Gasteiger partial charge in [-0.05, 0) is 6.92 Å². The molecular weight excluding hydrogens is 272 g/mol. The zero-order valence-electron chi connectivity index (χ0n) is 9.55. The Morgan fingerprint density at radius 2 is 2.24 bits per heavy atom. The Morgan fingerprint density at radius 1 is 1.59 bits per heavy atom. The molecule has 0 aliphatic carbocycles. The largest absolute Gasteiger partial charge is 0.452 e. The molecule has 1 aliphatic rings. The van der Waals surface area contributed by atoms with Crippen LogP contribution in [0.3, 0.4) is 0 Å². The Hall–Kier alpha value is -0.570. The number of amides is 1. The average molecular weight is 287 g/mol. The molecule has 1 heterocycles. The molecule has 1 amide bonds. The summed E-state index contributed by atoms with van der Waals surface area (Å²) >= 11 is 5.64. The molecule has 0 aromatic rings. The number of nitrogens with zero attached hydrogens (tertiary/aromatic N) is 1. The number of hydrogen-bond donors (Lipinski definition) is 1. The highest BCUT2D eigenvalue weighted by atomic mass is 35.5. The third kappa shape index (κ3) is 3.98. The quantitative estimate of drug-likeness (QED) is 0.733. The van der Waals surface area contributed by atoms with Gasteiger partial charge < -0.3 is 9.47 Å². The molecular formula is C8H15ClN2O5S. The van der Waals surface area contributed by atoms with Crippen LogP contribution >= 0.6 is 11.6 Å². The molecule has 0 aromatic carbocycles. The summed E-state index contributed by atoms with van der Waals surface area (Å²) in [4.78, 5) is 10.9. The molecule has 100 valence electrons. The van der Waals surface area contributed by atoms with E-state index in [1.54, 1.807) is 11.6 Å². The molecule has 0 bridgehead atoms. The zero-order chi connectivity index (χ0) is 13.1. The van der Waals surface area contributed by atoms with Crippen LogP contribution in [0.15, 0.2) is 0 Å². The van der Waals surface area contributed by atoms with Crippen LogP contribution in [0.4, 0.5) is 4.79 Å². The maximum absolute atomic E-state index is 11.8. The molecule has 0 saturated carbocycles. The first-order valence-corrected chi connectivity index (χ1v) is 6.93. The number of halogens is 1. The van der Waals surface area contributed by atoms with E-state index in [9.17, 15) is 13.2 Å². The fraction of sp³-hybridized carbons (Fsp3) is 0.875. The average Bonchev–Trinajstić information content (AvgIpc) is 2.27. The maximum Gasteiger partial charge on any atom is 0.421 e. The molecule has 1 saturated heterocycles. The summed E-state index contributed by atoms with van der Waals surface area (Å²) in [6.45, 7) is 2.01. The molecule has 0 aromatic heterocycles. The lowest BCUT2D eigenvalue weighted by Gasteiger charge is -2.34. The van der Waals surface area contributed by atoms with Crippen molar-refractivity contribution in [1.82, 2.24) is 9.03 Å². The summed E-state index contributed by atoms with van der Waals surface area (Å²) in [5.41, 5.74) is 0. The van der Waals surface area contributed by atoms with E-state index in [0.29, 0.717) is 0 Å². The van der Waals surface area contributed by atoms with E-state index in [4.69, 9.17) is 16.3 Å². The number of alkyl halides is 1. The molecule has 1 N–H and O–H groups in total. The molecule has 9 heteroatoms. The minimum Gasteiger partial charge on any atom is -0.452 e. The van der Waals surface area contributed by atoms with Crippen LogP contribution in [0.1, 0.15) is 6.92 Å². The number of morpholine rings is 1. The van der Waals surface area contributed by atoms with Crippen molar-refractivity contribution in [2.24, 2.45) is 0 Å². The Balaban J connectivity index is 2.73. The standard InChI is InChI=1S/C8H15ClN2O5S/c1-6-4-11(5-7(3-9)16-6)17(13,14)10-8(12)15-2/h6-7H,3-5H2,1-2H3,(H,10,12). The van der Waals surface area contributed by atoms with Crippen LogP contribution in [0.5, 0.6) is 0 Å². The summed E-state index contributed by atoms with van der Waals surface area (Å²) < 4.78 is 36.1. The molecule has 2 atom stereocenters. The van der Waals surface area contributed by atoms with Gasteiger partial charge in [0.15, 0.2) is 0 Å². The van der Waals surface area contributed by atoms with E-state index in [0.717, 1.165) is 11.4 Å². The van der Waals surface area contributed by atoms with Crippen molar-refractivity contribution in [3.63, 3.8) is 0 Å². The topological polar surface area (TPSA) is 84.9 Å². The zero-order valence-corrected chi connectivity index (χ0v) is 11.1. The van der Waals surface area contributed by atoms with Gasteiger partial charge in [0.25, 0.3) is 0 Å². The summed E-state index contributed by atoms with van der Waals surface area (Å²) in [5.74, 6) is 0.189. The van der Waals surface area contributed by atoms with Crippen molar-refractivity contribution in [2.45, 2.75) is 19.1 Å². The van der Waals surface area contributed by atoms with Gasteiger partial charge in [-0.3, -0.25) is 0 Å². The highest BCUT2D eigenvalue weighted by molar-refractivity contribution is 7.87. The lowest BCUT2D eigenvalue weighted by molar-refractivity contribution is -0.0426. The van der Waals surface area contributed by atoms with Gasteiger partial charge in [0.2, 0.25) is 0 Å². The first-order valence-electron chi connectivity index (χ1n) is 4.96. The van der Waals surface area contributed by atoms with E-state index >= 15 is 0 Å². The Labute approximate surface area is 105 Å². The van der Waals surface area contributed by atoms with Gasteiger partial charge in [-0.1, -0.05) is 0 Å². The van der Waals surface area contributed by atoms with Crippen LogP contribution in [0, 0.1) is 0 Å². The van der Waals surface area contributed by atoms with Gasteiger partial charge in [-0.25, -0.2) is 9.52 Å². The van der Waals surface area contributed by atoms with Crippen molar-refractivity contribution in [1.29, 1.82) is 0 Å². The second-order valence-electron chi connectivity index (χ2n) is 3.64. The van der Waals surface area contributed by atoms with Crippen molar-refractivity contribution < 1.29 is 22.7 Å². The highest BCUT2D eigenvalue weighted by Gasteiger charge is 2.33. The molecule has 1 fully saturated rings. The number of rotatable bonds is 3. The minimum atomic E-state index is -3.90. The molecule has 7 nitrogen and oxygen atoms in total. The van der Waals surface area contributed by atoms with E-state index in [-0.39, 0.29) is 31.2 Å². The SMILES string of the molecule is COC(=O)NS(=O)(=O)N1CC(C)OC(CCl)C1. The summed E-state index contributed by atoms with van der Waals surface area (Å²) in [7, 11) is -2.81. The summed E-state index contributed by atoms with van der Waals surface area (Å²) in [5, 5.41) is 0. The van der Waals surface area contributed by atoms with Crippen molar-refractivity contribution in [2.75, 3.05) is 26.1 Å². The Morgan fingerprint density at radius 3 is 2.76 bits per heavy atom. The van der Waals surface area contributed by atoms with Crippen LogP contribution in [0.25, 0.3) is 0 Å². The molecule has 2 unspecified atom stereocenters. The molecule has 1 rings (SSSR count). The number of ether oxygens (including phenoxy) is 2. The van der Waals surface area contributed by atoms with E-state index < -0.39 is 16.3 Å². The van der Waals surface area contributed by atoms with Crippen LogP contribution in [-0.2, 0) is 19.7 Å². The summed E-state index contributed by atoms with van der Waals surface area (Å²) in [6.07, 6.45) is -1.68. The van der Waals surface area contributed by atoms with E-state index in [2.05, 4.69) is 4.74 Å². The Bertz CT molecular complexity index is 374. The first-order chi connectivity index (χ1) is 7.89. The van der Waals surface area contributed by atoms with Gasteiger partial charge in [-0.2, -0.15) is 12.7 Å². The number of carbonyl (C=O) groups is 1. The van der Waals surface area contributed by atoms with Crippen molar-refractivity contribution >= 4 is 27.9 Å². The van der Waals surface area contributed by atoms with E-state index in [1.807, 2.05) is 0 Å². The maximum atomic E-state index is 11.8. The van der Waals surface area contributed by atoms with Crippen LogP contribution < -0.4 is 4.72 Å². The second kappa shape index (κ2) is 5.85. The molecule has 0 spiro atoms. The predicted octanol–water partition coefficient (Wildman–Crippen LogP) is -0.0847. The molecule has 1 aliphatic heterocycles. The highest BCUT2D eigenvalue weighted by Crippen LogP contribution is 2.14. The summed E-state index contributed by atoms with van der Waals surface area (Å²) in [6, 6.07) is 0. The van der Waals surface area contributed by atoms with Crippen LogP contribution in [0.2, 0.25) is 0 Å². The van der Waals surface area contributed by atoms with Gasteiger partial charge in [0, 0.05) is 19.0 Å². The monoisotopic (exact) mass is 286 g/mol. The smallest absolute Gasteiger partial charge is 0.421 e. The van der Waals surface area contributed by atoms with Crippen molar-refractivity contribution in [3.8, 4) is 0 Å². The number of carbonyl (C=O) groups excluding carboxylic acids is 1. The predicted molar refractivity (Wildman–Crippen MR) is 61.1 cm³/mol. The fourth-order valence-corrected chi connectivity index (χ4v) is 2.86. The number of methoxy groups -OCH3 is 1. The van der Waals surface area contributed by atoms with Crippen molar-refractivity contribution in [3.05, 3.63) is 0 Å². The fourth-order valence-electron chi connectivity index (χ4n) is 1.50. The van der Waals surface area contributed by atoms with E-state index in [1.165, 1.54) is 0 Å². The molecule has 17 heavy (non-hydrogen) atoms. The molecule has 0 radical (unpaired) electrons. The Kier molecular flexibility index (Phi) is 4.99. The normalized spacial score (nSPS) is 26.5. The van der Waals surface area contributed by atoms with Crippen LogP contribution in [-0.4, -0.2) is 57.1 Å². The number of hydrogen-bond acceptors (Lipinski definition) is 5. The lowest BCUT2D eigenvalue weighted by atomic mass is 10.3. The lowest BCUT2D eigenvalue weighted by Crippen LogP contribution is -2.54. The minimum absolute atomic E-state index is 0.111. The van der Waals surface area contributed by atoms with Gasteiger partial charge in [0.1, 0.15) is 0 Å². The third-order valence-electron chi connectivity index (χ3n) is 2.20. The van der Waals surface area contributed by atoms with Gasteiger partial charge in [0.05, 0.1) is 19.3 Å². The number of nitrogens with one attached hydrogen (secondary N) is 1. The third-order valence-corrected chi connectivity index (χ3v) is 3.95. The second-order valence-corrected chi connectivity index (χ2v) is 5.62. The van der Waals surface area contributed by atoms with Gasteiger partial charge in [-0.15, -0.1) is 11.6 Å². The van der Waals surface area contributed by atoms with Gasteiger partial charge >= 0.3 is 16.3 Å².